The predicted octanol–water partition coefficient (Wildman–Crippen LogP) is 1.10. The summed E-state index contributed by atoms with van der Waals surface area (Å²) in [7, 11) is 3.71. The van der Waals surface area contributed by atoms with E-state index in [9.17, 15) is 4.79 Å². The number of carbonyl (C=O) groups excluding carboxylic acids is 1. The first-order valence-corrected chi connectivity index (χ1v) is 5.17. The summed E-state index contributed by atoms with van der Waals surface area (Å²) < 4.78 is 9.48. The van der Waals surface area contributed by atoms with Gasteiger partial charge >= 0.3 is 10.7 Å². The second-order valence-corrected chi connectivity index (χ2v) is 3.75. The Bertz CT molecular complexity index is 346. The number of ether oxygens (including phenoxy) is 1. The molecule has 0 saturated heterocycles. The molecule has 0 aliphatic rings. The largest absolute Gasteiger partial charge is 0.460 e. The molecule has 78 valence electrons. The van der Waals surface area contributed by atoms with Gasteiger partial charge in [0.25, 0.3) is 5.69 Å². The molecule has 1 aromatic heterocycles. The van der Waals surface area contributed by atoms with Crippen molar-refractivity contribution >= 4 is 21.9 Å². The van der Waals surface area contributed by atoms with Gasteiger partial charge in [-0.25, -0.2) is 13.9 Å². The average molecular weight is 262 g/mol. The molecular formula is C9H14BrN2O2+. The molecule has 1 rings (SSSR count). The number of imidazole rings is 1. The Morgan fingerprint density at radius 2 is 2.21 bits per heavy atom. The van der Waals surface area contributed by atoms with E-state index in [1.165, 1.54) is 0 Å². The maximum atomic E-state index is 11.6. The molecule has 0 atom stereocenters. The Hall–Kier alpha value is -0.840. The molecule has 0 unspecified atom stereocenters. The van der Waals surface area contributed by atoms with E-state index in [2.05, 4.69) is 15.9 Å². The Morgan fingerprint density at radius 3 is 2.57 bits per heavy atom. The lowest BCUT2D eigenvalue weighted by Crippen LogP contribution is -2.36. The maximum absolute atomic E-state index is 11.6. The van der Waals surface area contributed by atoms with Gasteiger partial charge in [-0.15, -0.1) is 0 Å². The lowest BCUT2D eigenvalue weighted by molar-refractivity contribution is -0.684. The van der Waals surface area contributed by atoms with Crippen molar-refractivity contribution in [1.29, 1.82) is 0 Å². The summed E-state index contributed by atoms with van der Waals surface area (Å²) >= 11 is 3.39. The quantitative estimate of drug-likeness (QED) is 0.591. The number of hydrogen-bond acceptors (Lipinski definition) is 2. The molecule has 0 N–H and O–H groups in total. The summed E-state index contributed by atoms with van der Waals surface area (Å²) in [5.74, 6) is -0.284. The number of rotatable bonds is 2. The fourth-order valence-corrected chi connectivity index (χ4v) is 1.78. The number of esters is 1. The van der Waals surface area contributed by atoms with E-state index in [0.717, 1.165) is 10.4 Å². The molecule has 0 aliphatic carbocycles. The molecule has 1 heterocycles. The molecule has 0 spiro atoms. The Kier molecular flexibility index (Phi) is 3.31. The van der Waals surface area contributed by atoms with Crippen LogP contribution in [-0.4, -0.2) is 17.1 Å². The van der Waals surface area contributed by atoms with Gasteiger partial charge in [-0.05, 0) is 6.92 Å². The third-order valence-corrected chi connectivity index (χ3v) is 3.27. The van der Waals surface area contributed by atoms with Gasteiger partial charge in [0.15, 0.2) is 5.69 Å². The number of nitrogens with zero attached hydrogens (tertiary/aromatic N) is 2. The van der Waals surface area contributed by atoms with Crippen LogP contribution in [0.15, 0.2) is 4.73 Å². The highest BCUT2D eigenvalue weighted by atomic mass is 79.9. The zero-order valence-corrected chi connectivity index (χ0v) is 10.4. The normalized spacial score (nSPS) is 10.4. The molecular weight excluding hydrogens is 248 g/mol. The zero-order chi connectivity index (χ0) is 10.9. The van der Waals surface area contributed by atoms with E-state index < -0.39 is 0 Å². The summed E-state index contributed by atoms with van der Waals surface area (Å²) in [6.07, 6.45) is 0. The molecule has 0 bridgehead atoms. The second-order valence-electron chi connectivity index (χ2n) is 3.04. The minimum Gasteiger partial charge on any atom is -0.460 e. The van der Waals surface area contributed by atoms with Crippen LogP contribution in [0.5, 0.6) is 0 Å². The van der Waals surface area contributed by atoms with Crippen LogP contribution in [0.2, 0.25) is 0 Å². The van der Waals surface area contributed by atoms with Crippen LogP contribution in [-0.2, 0) is 18.8 Å². The van der Waals surface area contributed by atoms with E-state index in [-0.39, 0.29) is 5.97 Å². The number of aromatic nitrogens is 2. The van der Waals surface area contributed by atoms with Crippen LogP contribution in [0.25, 0.3) is 0 Å². The van der Waals surface area contributed by atoms with Gasteiger partial charge in [0, 0.05) is 22.9 Å². The van der Waals surface area contributed by atoms with Crippen molar-refractivity contribution in [1.82, 2.24) is 4.57 Å². The van der Waals surface area contributed by atoms with Crippen molar-refractivity contribution in [2.45, 2.75) is 13.8 Å². The van der Waals surface area contributed by atoms with Crippen molar-refractivity contribution in [2.24, 2.45) is 14.1 Å². The highest BCUT2D eigenvalue weighted by Gasteiger charge is 2.28. The summed E-state index contributed by atoms with van der Waals surface area (Å²) in [5, 5.41) is 0. The summed E-state index contributed by atoms with van der Waals surface area (Å²) in [4.78, 5) is 11.6. The summed E-state index contributed by atoms with van der Waals surface area (Å²) in [6.45, 7) is 4.08. The van der Waals surface area contributed by atoms with E-state index >= 15 is 0 Å². The van der Waals surface area contributed by atoms with E-state index in [0.29, 0.717) is 12.3 Å². The van der Waals surface area contributed by atoms with Gasteiger partial charge in [0.05, 0.1) is 20.7 Å². The molecule has 0 saturated carbocycles. The smallest absolute Gasteiger partial charge is 0.382 e. The van der Waals surface area contributed by atoms with Gasteiger partial charge in [-0.1, -0.05) is 0 Å². The first-order chi connectivity index (χ1) is 6.50. The predicted molar refractivity (Wildman–Crippen MR) is 55.0 cm³/mol. The molecule has 0 aromatic carbocycles. The molecule has 4 nitrogen and oxygen atoms in total. The van der Waals surface area contributed by atoms with Gasteiger partial charge in [0.1, 0.15) is 0 Å². The molecule has 1 aromatic rings. The first kappa shape index (κ1) is 11.2. The van der Waals surface area contributed by atoms with Crippen LogP contribution < -0.4 is 4.57 Å². The molecule has 14 heavy (non-hydrogen) atoms. The monoisotopic (exact) mass is 261 g/mol. The van der Waals surface area contributed by atoms with Crippen LogP contribution in [0.1, 0.15) is 23.1 Å². The Morgan fingerprint density at radius 1 is 1.64 bits per heavy atom. The number of carbonyl (C=O) groups is 1. The SMILES string of the molecule is CCOC(=O)c1c(C)n(C)c(Br)[n+]1C. The Labute approximate surface area is 91.6 Å². The maximum Gasteiger partial charge on any atom is 0.382 e. The highest BCUT2D eigenvalue weighted by molar-refractivity contribution is 9.10. The molecule has 0 fully saturated rings. The number of hydrogen-bond donors (Lipinski definition) is 0. The molecule has 0 aliphatic heterocycles. The van der Waals surface area contributed by atoms with E-state index in [1.807, 2.05) is 25.6 Å². The minimum absolute atomic E-state index is 0.284. The highest BCUT2D eigenvalue weighted by Crippen LogP contribution is 2.12. The standard InChI is InChI=1S/C9H14BrN2O2/c1-5-14-8(13)7-6(2)11(3)9(10)12(7)4/h5H2,1-4H3/q+1. The lowest BCUT2D eigenvalue weighted by Gasteiger charge is -1.98. The van der Waals surface area contributed by atoms with Crippen molar-refractivity contribution in [3.8, 4) is 0 Å². The van der Waals surface area contributed by atoms with Crippen LogP contribution in [0.3, 0.4) is 0 Å². The van der Waals surface area contributed by atoms with Crippen molar-refractivity contribution in [2.75, 3.05) is 6.61 Å². The number of halogens is 1. The topological polar surface area (TPSA) is 35.1 Å². The fraction of sp³-hybridized carbons (Fsp3) is 0.556. The van der Waals surface area contributed by atoms with Crippen LogP contribution >= 0.6 is 15.9 Å². The van der Waals surface area contributed by atoms with Crippen LogP contribution in [0, 0.1) is 6.92 Å². The molecule has 0 radical (unpaired) electrons. The van der Waals surface area contributed by atoms with Crippen molar-refractivity contribution in [3.63, 3.8) is 0 Å². The fourth-order valence-electron chi connectivity index (χ4n) is 1.34. The van der Waals surface area contributed by atoms with Crippen molar-refractivity contribution in [3.05, 3.63) is 16.1 Å². The summed E-state index contributed by atoms with van der Waals surface area (Å²) in [6, 6.07) is 0. The second kappa shape index (κ2) is 4.13. The first-order valence-electron chi connectivity index (χ1n) is 4.38. The van der Waals surface area contributed by atoms with Crippen LogP contribution in [0.4, 0.5) is 0 Å². The van der Waals surface area contributed by atoms with Crippen molar-refractivity contribution < 1.29 is 14.1 Å². The van der Waals surface area contributed by atoms with E-state index in [1.54, 1.807) is 11.5 Å². The Balaban J connectivity index is 3.21. The van der Waals surface area contributed by atoms with Gasteiger partial charge in [-0.2, -0.15) is 0 Å². The molecule has 0 amide bonds. The minimum atomic E-state index is -0.284. The zero-order valence-electron chi connectivity index (χ0n) is 8.80. The lowest BCUT2D eigenvalue weighted by atomic mass is 10.3. The third kappa shape index (κ3) is 1.68. The van der Waals surface area contributed by atoms with Gasteiger partial charge < -0.3 is 4.74 Å². The van der Waals surface area contributed by atoms with Gasteiger partial charge in [-0.3, -0.25) is 0 Å². The van der Waals surface area contributed by atoms with E-state index in [4.69, 9.17) is 4.74 Å². The van der Waals surface area contributed by atoms with Gasteiger partial charge in [0.2, 0.25) is 0 Å². The molecule has 5 heteroatoms. The summed E-state index contributed by atoms with van der Waals surface area (Å²) in [5.41, 5.74) is 1.47. The third-order valence-electron chi connectivity index (χ3n) is 2.20. The average Bonchev–Trinajstić information content (AvgIpc) is 2.32.